The minimum Gasteiger partial charge on any atom is -0.493 e. The highest BCUT2D eigenvalue weighted by molar-refractivity contribution is 5.74. The van der Waals surface area contributed by atoms with Crippen molar-refractivity contribution >= 4 is 6.03 Å². The van der Waals surface area contributed by atoms with Crippen molar-refractivity contribution in [1.82, 2.24) is 15.1 Å². The number of methoxy groups -OCH3 is 2. The third-order valence-corrected chi connectivity index (χ3v) is 5.36. The molecule has 1 atom stereocenters. The topological polar surface area (TPSA) is 54.0 Å². The molecule has 0 radical (unpaired) electrons. The molecule has 0 spiro atoms. The molecule has 25 heavy (non-hydrogen) atoms. The first-order valence-electron chi connectivity index (χ1n) is 9.13. The molecule has 138 valence electrons. The molecule has 1 aromatic carbocycles. The zero-order valence-corrected chi connectivity index (χ0v) is 15.5. The molecule has 6 nitrogen and oxygen atoms in total. The highest BCUT2D eigenvalue weighted by atomic mass is 16.5. The van der Waals surface area contributed by atoms with Crippen LogP contribution in [0.5, 0.6) is 11.5 Å². The van der Waals surface area contributed by atoms with Gasteiger partial charge in [0.1, 0.15) is 0 Å². The summed E-state index contributed by atoms with van der Waals surface area (Å²) in [6.07, 6.45) is 2.02. The van der Waals surface area contributed by atoms with Gasteiger partial charge in [0, 0.05) is 26.2 Å². The van der Waals surface area contributed by atoms with Crippen LogP contribution in [-0.4, -0.2) is 62.8 Å². The third-order valence-electron chi connectivity index (χ3n) is 5.36. The second-order valence-corrected chi connectivity index (χ2v) is 6.88. The van der Waals surface area contributed by atoms with Gasteiger partial charge in [-0.15, -0.1) is 0 Å². The zero-order valence-electron chi connectivity index (χ0n) is 15.5. The number of nitrogens with one attached hydrogen (secondary N) is 1. The average molecular weight is 347 g/mol. The van der Waals surface area contributed by atoms with Gasteiger partial charge in [-0.2, -0.15) is 0 Å². The molecule has 6 heteroatoms. The lowest BCUT2D eigenvalue weighted by molar-refractivity contribution is 0.190. The lowest BCUT2D eigenvalue weighted by atomic mass is 9.99. The molecule has 1 fully saturated rings. The zero-order chi connectivity index (χ0) is 17.8. The Kier molecular flexibility index (Phi) is 5.68. The quantitative estimate of drug-likeness (QED) is 0.886. The molecule has 2 aliphatic heterocycles. The van der Waals surface area contributed by atoms with Crippen LogP contribution in [0.4, 0.5) is 4.79 Å². The summed E-state index contributed by atoms with van der Waals surface area (Å²) >= 11 is 0. The van der Waals surface area contributed by atoms with Gasteiger partial charge in [-0.25, -0.2) is 4.79 Å². The maximum Gasteiger partial charge on any atom is 0.317 e. The van der Waals surface area contributed by atoms with Crippen molar-refractivity contribution in [3.8, 4) is 11.5 Å². The Morgan fingerprint density at radius 3 is 2.56 bits per heavy atom. The monoisotopic (exact) mass is 347 g/mol. The van der Waals surface area contributed by atoms with Crippen molar-refractivity contribution in [2.45, 2.75) is 26.3 Å². The molecule has 1 N–H and O–H groups in total. The van der Waals surface area contributed by atoms with Gasteiger partial charge in [0.2, 0.25) is 0 Å². The van der Waals surface area contributed by atoms with Crippen LogP contribution in [0.3, 0.4) is 0 Å². The van der Waals surface area contributed by atoms with Crippen molar-refractivity contribution in [3.63, 3.8) is 0 Å². The SMILES string of the molecule is CCN1CC[C@H](CNC(=O)N2CCc3cc(OC)c(OC)cc3C2)C1. The molecular formula is C19H29N3O3. The second-order valence-electron chi connectivity index (χ2n) is 6.88. The molecule has 0 saturated carbocycles. The molecule has 2 amide bonds. The van der Waals surface area contributed by atoms with Crippen LogP contribution in [0.15, 0.2) is 12.1 Å². The molecule has 0 bridgehead atoms. The molecule has 0 unspecified atom stereocenters. The summed E-state index contributed by atoms with van der Waals surface area (Å²) in [6.45, 7) is 7.65. The van der Waals surface area contributed by atoms with Gasteiger partial charge >= 0.3 is 6.03 Å². The van der Waals surface area contributed by atoms with Crippen LogP contribution in [0, 0.1) is 5.92 Å². The van der Waals surface area contributed by atoms with Crippen LogP contribution in [-0.2, 0) is 13.0 Å². The van der Waals surface area contributed by atoms with Crippen LogP contribution in [0.2, 0.25) is 0 Å². The Morgan fingerprint density at radius 1 is 1.20 bits per heavy atom. The summed E-state index contributed by atoms with van der Waals surface area (Å²) in [4.78, 5) is 16.9. The maximum atomic E-state index is 12.5. The molecule has 2 aliphatic rings. The number of hydrogen-bond donors (Lipinski definition) is 1. The maximum absolute atomic E-state index is 12.5. The fourth-order valence-electron chi connectivity index (χ4n) is 3.77. The van der Waals surface area contributed by atoms with Crippen molar-refractivity contribution in [2.75, 3.05) is 46.9 Å². The van der Waals surface area contributed by atoms with E-state index in [0.29, 0.717) is 18.2 Å². The van der Waals surface area contributed by atoms with Crippen molar-refractivity contribution in [1.29, 1.82) is 0 Å². The van der Waals surface area contributed by atoms with Crippen molar-refractivity contribution in [3.05, 3.63) is 23.3 Å². The number of rotatable bonds is 5. The average Bonchev–Trinajstić information content (AvgIpc) is 3.12. The lowest BCUT2D eigenvalue weighted by Gasteiger charge is -2.30. The number of carbonyl (C=O) groups excluding carboxylic acids is 1. The molecule has 1 aromatic rings. The predicted molar refractivity (Wildman–Crippen MR) is 97.3 cm³/mol. The summed E-state index contributed by atoms with van der Waals surface area (Å²) in [5.74, 6) is 2.04. The van der Waals surface area contributed by atoms with E-state index in [1.807, 2.05) is 17.0 Å². The number of fused-ring (bicyclic) bond motifs is 1. The van der Waals surface area contributed by atoms with E-state index < -0.39 is 0 Å². The highest BCUT2D eigenvalue weighted by Crippen LogP contribution is 2.33. The van der Waals surface area contributed by atoms with Crippen LogP contribution in [0.25, 0.3) is 0 Å². The lowest BCUT2D eigenvalue weighted by Crippen LogP contribution is -2.44. The van der Waals surface area contributed by atoms with Gasteiger partial charge in [-0.3, -0.25) is 0 Å². The predicted octanol–water partition coefficient (Wildman–Crippen LogP) is 2.11. The fourth-order valence-corrected chi connectivity index (χ4v) is 3.77. The number of ether oxygens (including phenoxy) is 2. The minimum absolute atomic E-state index is 0.0374. The van der Waals surface area contributed by atoms with Crippen LogP contribution >= 0.6 is 0 Å². The minimum atomic E-state index is 0.0374. The summed E-state index contributed by atoms with van der Waals surface area (Å²) in [5.41, 5.74) is 2.37. The van der Waals surface area contributed by atoms with Crippen molar-refractivity contribution < 1.29 is 14.3 Å². The van der Waals surface area contributed by atoms with E-state index in [-0.39, 0.29) is 6.03 Å². The number of urea groups is 1. The van der Waals surface area contributed by atoms with Gasteiger partial charge in [-0.1, -0.05) is 6.92 Å². The van der Waals surface area contributed by atoms with Gasteiger partial charge in [-0.05, 0) is 55.1 Å². The number of carbonyl (C=O) groups is 1. The molecule has 0 aromatic heterocycles. The van der Waals surface area contributed by atoms with Crippen LogP contribution < -0.4 is 14.8 Å². The molecule has 3 rings (SSSR count). The van der Waals surface area contributed by atoms with Gasteiger partial charge in [0.15, 0.2) is 11.5 Å². The first kappa shape index (κ1) is 17.9. The van der Waals surface area contributed by atoms with Crippen LogP contribution in [0.1, 0.15) is 24.5 Å². The molecular weight excluding hydrogens is 318 g/mol. The Hall–Kier alpha value is -1.95. The molecule has 2 heterocycles. The number of likely N-dealkylation sites (tertiary alicyclic amines) is 1. The summed E-state index contributed by atoms with van der Waals surface area (Å²) in [6, 6.07) is 4.06. The molecule has 0 aliphatic carbocycles. The molecule has 1 saturated heterocycles. The van der Waals surface area contributed by atoms with E-state index >= 15 is 0 Å². The van der Waals surface area contributed by atoms with E-state index in [1.54, 1.807) is 14.2 Å². The smallest absolute Gasteiger partial charge is 0.317 e. The Bertz CT molecular complexity index is 620. The van der Waals surface area contributed by atoms with E-state index in [2.05, 4.69) is 17.1 Å². The summed E-state index contributed by atoms with van der Waals surface area (Å²) < 4.78 is 10.8. The van der Waals surface area contributed by atoms with Gasteiger partial charge < -0.3 is 24.6 Å². The van der Waals surface area contributed by atoms with E-state index in [4.69, 9.17) is 9.47 Å². The highest BCUT2D eigenvalue weighted by Gasteiger charge is 2.25. The largest absolute Gasteiger partial charge is 0.493 e. The number of amides is 2. The number of hydrogen-bond acceptors (Lipinski definition) is 4. The van der Waals surface area contributed by atoms with Gasteiger partial charge in [0.05, 0.1) is 14.2 Å². The third kappa shape index (κ3) is 4.00. The van der Waals surface area contributed by atoms with Crippen molar-refractivity contribution in [2.24, 2.45) is 5.92 Å². The Labute approximate surface area is 150 Å². The summed E-state index contributed by atoms with van der Waals surface area (Å²) in [5, 5.41) is 3.13. The Morgan fingerprint density at radius 2 is 1.92 bits per heavy atom. The number of nitrogens with zero attached hydrogens (tertiary/aromatic N) is 2. The summed E-state index contributed by atoms with van der Waals surface area (Å²) in [7, 11) is 3.29. The normalized spacial score (nSPS) is 20.3. The first-order valence-corrected chi connectivity index (χ1v) is 9.13. The van der Waals surface area contributed by atoms with Gasteiger partial charge in [0.25, 0.3) is 0 Å². The van der Waals surface area contributed by atoms with E-state index in [9.17, 15) is 4.79 Å². The Balaban J connectivity index is 1.57. The first-order chi connectivity index (χ1) is 12.1. The van der Waals surface area contributed by atoms with E-state index in [0.717, 1.165) is 50.5 Å². The van der Waals surface area contributed by atoms with E-state index in [1.165, 1.54) is 12.0 Å². The number of benzene rings is 1. The second kappa shape index (κ2) is 7.95. The standard InChI is InChI=1S/C19H29N3O3/c1-4-21-7-5-14(12-21)11-20-19(23)22-8-6-15-9-17(24-2)18(25-3)10-16(15)13-22/h9-10,14H,4-8,11-13H2,1-3H3,(H,20,23)/t14-/m1/s1. The fraction of sp³-hybridized carbons (Fsp3) is 0.632.